The zero-order valence-corrected chi connectivity index (χ0v) is 16.4. The number of amides is 1. The van der Waals surface area contributed by atoms with E-state index >= 15 is 0 Å². The summed E-state index contributed by atoms with van der Waals surface area (Å²) in [7, 11) is 4.08. The van der Waals surface area contributed by atoms with Crippen molar-refractivity contribution in [2.75, 3.05) is 25.5 Å². The number of anilines is 1. The number of carbonyl (C=O) groups is 1. The van der Waals surface area contributed by atoms with E-state index in [4.69, 9.17) is 0 Å². The molecule has 0 saturated carbocycles. The molecule has 0 unspecified atom stereocenters. The van der Waals surface area contributed by atoms with Crippen molar-refractivity contribution in [2.45, 2.75) is 36.8 Å². The summed E-state index contributed by atoms with van der Waals surface area (Å²) >= 11 is 1.73. The van der Waals surface area contributed by atoms with Crippen LogP contribution in [-0.2, 0) is 6.42 Å². The fourth-order valence-corrected chi connectivity index (χ4v) is 3.51. The van der Waals surface area contributed by atoms with Crippen LogP contribution in [0.25, 0.3) is 0 Å². The summed E-state index contributed by atoms with van der Waals surface area (Å²) < 4.78 is 0. The van der Waals surface area contributed by atoms with E-state index in [2.05, 4.69) is 48.3 Å². The normalized spacial score (nSPS) is 10.8. The number of carbonyl (C=O) groups excluding carboxylic acids is 1. The molecule has 1 N–H and O–H groups in total. The van der Waals surface area contributed by atoms with Crippen LogP contribution in [0, 0.1) is 0 Å². The zero-order chi connectivity index (χ0) is 18.2. The predicted molar refractivity (Wildman–Crippen MR) is 109 cm³/mol. The highest BCUT2D eigenvalue weighted by molar-refractivity contribution is 8.00. The van der Waals surface area contributed by atoms with E-state index in [1.165, 1.54) is 11.3 Å². The van der Waals surface area contributed by atoms with Gasteiger partial charge < -0.3 is 10.2 Å². The number of nitrogens with zero attached hydrogens (tertiary/aromatic N) is 1. The first-order valence-electron chi connectivity index (χ1n) is 8.77. The number of rotatable bonds is 8. The molecular weight excluding hydrogens is 328 g/mol. The van der Waals surface area contributed by atoms with Crippen molar-refractivity contribution in [3.8, 4) is 0 Å². The number of nitrogens with one attached hydrogen (secondary N) is 1. The molecule has 1 amide bonds. The van der Waals surface area contributed by atoms with E-state index in [-0.39, 0.29) is 5.91 Å². The first-order valence-corrected chi connectivity index (χ1v) is 9.65. The van der Waals surface area contributed by atoms with Gasteiger partial charge in [-0.3, -0.25) is 4.79 Å². The summed E-state index contributed by atoms with van der Waals surface area (Å²) in [6, 6.07) is 16.4. The minimum Gasteiger partial charge on any atom is -0.378 e. The van der Waals surface area contributed by atoms with Gasteiger partial charge in [-0.2, -0.15) is 0 Å². The maximum Gasteiger partial charge on any atom is 0.252 e. The van der Waals surface area contributed by atoms with Gasteiger partial charge in [0, 0.05) is 36.5 Å². The largest absolute Gasteiger partial charge is 0.378 e. The van der Waals surface area contributed by atoms with Crippen molar-refractivity contribution >= 4 is 23.4 Å². The molecule has 0 atom stereocenters. The number of aryl methyl sites for hydroxylation is 1. The Labute approximate surface area is 155 Å². The lowest BCUT2D eigenvalue weighted by molar-refractivity contribution is 0.0950. The molecule has 0 saturated heterocycles. The summed E-state index contributed by atoms with van der Waals surface area (Å²) in [6.45, 7) is 4.97. The highest BCUT2D eigenvalue weighted by atomic mass is 32.2. The average molecular weight is 357 g/mol. The van der Waals surface area contributed by atoms with E-state index in [9.17, 15) is 4.79 Å². The maximum absolute atomic E-state index is 12.4. The van der Waals surface area contributed by atoms with Gasteiger partial charge in [0.2, 0.25) is 0 Å². The van der Waals surface area contributed by atoms with Gasteiger partial charge in [0.25, 0.3) is 5.91 Å². The Morgan fingerprint density at radius 3 is 2.40 bits per heavy atom. The first kappa shape index (κ1) is 19.4. The molecule has 0 aliphatic carbocycles. The molecule has 0 aliphatic rings. The van der Waals surface area contributed by atoms with E-state index in [1.54, 1.807) is 11.8 Å². The smallest absolute Gasteiger partial charge is 0.252 e. The summed E-state index contributed by atoms with van der Waals surface area (Å²) in [6.07, 6.45) is 1.91. The zero-order valence-electron chi connectivity index (χ0n) is 15.6. The summed E-state index contributed by atoms with van der Waals surface area (Å²) in [5.41, 5.74) is 3.28. The monoisotopic (exact) mass is 356 g/mol. The van der Waals surface area contributed by atoms with Crippen molar-refractivity contribution < 1.29 is 4.79 Å². The van der Waals surface area contributed by atoms with Crippen LogP contribution in [0.15, 0.2) is 53.4 Å². The molecule has 0 radical (unpaired) electrons. The molecule has 2 aromatic rings. The topological polar surface area (TPSA) is 32.3 Å². The Kier molecular flexibility index (Phi) is 7.38. The fourth-order valence-electron chi connectivity index (χ4n) is 2.56. The van der Waals surface area contributed by atoms with Gasteiger partial charge in [0.1, 0.15) is 0 Å². The predicted octanol–water partition coefficient (Wildman–Crippen LogP) is 4.62. The standard InChI is InChI=1S/C21H28N2OS/c1-16(2)25-20-10-6-5-9-19(20)21(24)22-15-7-8-17-11-13-18(14-12-17)23(3)4/h5-6,9-14,16H,7-8,15H2,1-4H3,(H,22,24). The second-order valence-corrected chi connectivity index (χ2v) is 8.20. The van der Waals surface area contributed by atoms with Gasteiger partial charge in [0.05, 0.1) is 5.56 Å². The van der Waals surface area contributed by atoms with E-state index in [1.807, 2.05) is 38.4 Å². The fraction of sp³-hybridized carbons (Fsp3) is 0.381. The Hall–Kier alpha value is -1.94. The van der Waals surface area contributed by atoms with Crippen LogP contribution in [0.4, 0.5) is 5.69 Å². The molecule has 2 rings (SSSR count). The van der Waals surface area contributed by atoms with Gasteiger partial charge in [-0.15, -0.1) is 11.8 Å². The third-order valence-corrected chi connectivity index (χ3v) is 4.96. The molecular formula is C21H28N2OS. The number of thioether (sulfide) groups is 1. The van der Waals surface area contributed by atoms with Crippen LogP contribution in [-0.4, -0.2) is 31.8 Å². The highest BCUT2D eigenvalue weighted by Gasteiger charge is 2.11. The van der Waals surface area contributed by atoms with Crippen molar-refractivity contribution in [3.63, 3.8) is 0 Å². The van der Waals surface area contributed by atoms with Crippen LogP contribution in [0.3, 0.4) is 0 Å². The van der Waals surface area contributed by atoms with Gasteiger partial charge >= 0.3 is 0 Å². The van der Waals surface area contributed by atoms with E-state index < -0.39 is 0 Å². The minimum absolute atomic E-state index is 0.0201. The molecule has 25 heavy (non-hydrogen) atoms. The van der Waals surface area contributed by atoms with Gasteiger partial charge in [-0.1, -0.05) is 38.1 Å². The molecule has 0 bridgehead atoms. The lowest BCUT2D eigenvalue weighted by Crippen LogP contribution is -2.25. The summed E-state index contributed by atoms with van der Waals surface area (Å²) in [5, 5.41) is 3.51. The summed E-state index contributed by atoms with van der Waals surface area (Å²) in [5.74, 6) is 0.0201. The van der Waals surface area contributed by atoms with Crippen LogP contribution < -0.4 is 10.2 Å². The van der Waals surface area contributed by atoms with Gasteiger partial charge in [-0.25, -0.2) is 0 Å². The SMILES string of the molecule is CC(C)Sc1ccccc1C(=O)NCCCc1ccc(N(C)C)cc1. The molecule has 0 aliphatic heterocycles. The molecule has 0 fully saturated rings. The Bertz CT molecular complexity index is 681. The number of benzene rings is 2. The molecule has 3 nitrogen and oxygen atoms in total. The van der Waals surface area contributed by atoms with Gasteiger partial charge in [0.15, 0.2) is 0 Å². The molecule has 4 heteroatoms. The molecule has 134 valence electrons. The van der Waals surface area contributed by atoms with Crippen LogP contribution >= 0.6 is 11.8 Å². The van der Waals surface area contributed by atoms with Crippen LogP contribution in [0.1, 0.15) is 36.2 Å². The maximum atomic E-state index is 12.4. The van der Waals surface area contributed by atoms with Crippen LogP contribution in [0.5, 0.6) is 0 Å². The van der Waals surface area contributed by atoms with E-state index in [0.717, 1.165) is 23.3 Å². The van der Waals surface area contributed by atoms with Gasteiger partial charge in [-0.05, 0) is 42.7 Å². The van der Waals surface area contributed by atoms with Crippen LogP contribution in [0.2, 0.25) is 0 Å². The number of hydrogen-bond donors (Lipinski definition) is 1. The lowest BCUT2D eigenvalue weighted by Gasteiger charge is -2.13. The first-order chi connectivity index (χ1) is 12.0. The average Bonchev–Trinajstić information content (AvgIpc) is 2.59. The van der Waals surface area contributed by atoms with Crippen molar-refractivity contribution in [3.05, 3.63) is 59.7 Å². The third-order valence-electron chi connectivity index (χ3n) is 3.87. The Morgan fingerprint density at radius 1 is 1.08 bits per heavy atom. The lowest BCUT2D eigenvalue weighted by atomic mass is 10.1. The Morgan fingerprint density at radius 2 is 1.76 bits per heavy atom. The second-order valence-electron chi connectivity index (χ2n) is 6.58. The number of hydrogen-bond acceptors (Lipinski definition) is 3. The summed E-state index contributed by atoms with van der Waals surface area (Å²) in [4.78, 5) is 15.6. The second kappa shape index (κ2) is 9.52. The Balaban J connectivity index is 1.83. The highest BCUT2D eigenvalue weighted by Crippen LogP contribution is 2.26. The third kappa shape index (κ3) is 6.13. The molecule has 0 heterocycles. The molecule has 0 spiro atoms. The van der Waals surface area contributed by atoms with Crippen molar-refractivity contribution in [1.82, 2.24) is 5.32 Å². The van der Waals surface area contributed by atoms with E-state index in [0.29, 0.717) is 11.8 Å². The van der Waals surface area contributed by atoms with Crippen molar-refractivity contribution in [2.24, 2.45) is 0 Å². The quantitative estimate of drug-likeness (QED) is 0.553. The minimum atomic E-state index is 0.0201. The molecule has 2 aromatic carbocycles. The molecule has 0 aromatic heterocycles. The van der Waals surface area contributed by atoms with Crippen molar-refractivity contribution in [1.29, 1.82) is 0 Å².